The van der Waals surface area contributed by atoms with Crippen LogP contribution in [0.4, 0.5) is 13.2 Å². The van der Waals surface area contributed by atoms with E-state index in [1.807, 2.05) is 0 Å². The number of carbonyl (C=O) groups excluding carboxylic acids is 6. The third kappa shape index (κ3) is 8.02. The molecule has 1 unspecified atom stereocenters. The molecule has 0 spiro atoms. The summed E-state index contributed by atoms with van der Waals surface area (Å²) in [7, 11) is 1.04. The number of carbonyl (C=O) groups is 6. The number of nitrogens with one attached hydrogen (secondary N) is 1. The maximum absolute atomic E-state index is 13.2. The number of rotatable bonds is 9. The highest BCUT2D eigenvalue weighted by atomic mass is 19.4. The highest BCUT2D eigenvalue weighted by molar-refractivity contribution is 5.99. The van der Waals surface area contributed by atoms with Crippen LogP contribution in [0.25, 0.3) is 11.1 Å². The monoisotopic (exact) mass is 594 g/mol. The molecule has 1 N–H and O–H groups in total. The molecule has 2 atom stereocenters. The van der Waals surface area contributed by atoms with Crippen molar-refractivity contribution in [1.29, 1.82) is 0 Å². The first-order valence-corrected chi connectivity index (χ1v) is 12.3. The van der Waals surface area contributed by atoms with E-state index in [-0.39, 0.29) is 12.1 Å². The van der Waals surface area contributed by atoms with E-state index in [0.717, 1.165) is 23.1 Å². The van der Waals surface area contributed by atoms with Crippen molar-refractivity contribution in [3.05, 3.63) is 54.4 Å². The molecule has 2 heterocycles. The van der Waals surface area contributed by atoms with Gasteiger partial charge in [0, 0.05) is 24.5 Å². The van der Waals surface area contributed by atoms with E-state index in [2.05, 4.69) is 19.8 Å². The molecule has 0 aliphatic carbocycles. The summed E-state index contributed by atoms with van der Waals surface area (Å²) in [4.78, 5) is 83.3. The highest BCUT2D eigenvalue weighted by Gasteiger charge is 2.43. The number of methoxy groups -OCH3 is 1. The highest BCUT2D eigenvalue weighted by Crippen LogP contribution is 2.20. The average Bonchev–Trinajstić information content (AvgIpc) is 2.97. The summed E-state index contributed by atoms with van der Waals surface area (Å²) in [6.07, 6.45) is -2.75. The minimum Gasteiger partial charge on any atom is -0.469 e. The van der Waals surface area contributed by atoms with Gasteiger partial charge in [0.05, 0.1) is 20.1 Å². The van der Waals surface area contributed by atoms with Crippen molar-refractivity contribution in [2.24, 2.45) is 0 Å². The van der Waals surface area contributed by atoms with Crippen molar-refractivity contribution in [3.63, 3.8) is 0 Å². The zero-order chi connectivity index (χ0) is 31.0. The van der Waals surface area contributed by atoms with Crippen molar-refractivity contribution in [2.75, 3.05) is 26.8 Å². The van der Waals surface area contributed by atoms with Crippen LogP contribution in [0.3, 0.4) is 0 Å². The Morgan fingerprint density at radius 3 is 2.21 bits per heavy atom. The number of pyridine rings is 1. The first kappa shape index (κ1) is 31.5. The van der Waals surface area contributed by atoms with Crippen LogP contribution in [-0.2, 0) is 38.3 Å². The van der Waals surface area contributed by atoms with E-state index < -0.39 is 73.5 Å². The minimum atomic E-state index is -5.34. The van der Waals surface area contributed by atoms with Gasteiger partial charge in [-0.2, -0.15) is 18.2 Å². The number of benzene rings is 1. The second-order valence-electron chi connectivity index (χ2n) is 8.81. The number of nitrogens with zero attached hydrogens (tertiary/aromatic N) is 3. The molecule has 0 radical (unpaired) electrons. The van der Waals surface area contributed by atoms with Crippen LogP contribution in [0.1, 0.15) is 23.7 Å². The van der Waals surface area contributed by atoms with Gasteiger partial charge in [0.2, 0.25) is 5.91 Å². The molecule has 16 heteroatoms. The molecule has 1 aliphatic heterocycles. The third-order valence-electron chi connectivity index (χ3n) is 5.97. The Morgan fingerprint density at radius 1 is 1.00 bits per heavy atom. The van der Waals surface area contributed by atoms with Gasteiger partial charge in [-0.15, -0.1) is 0 Å². The molecule has 3 amide bonds. The Labute approximate surface area is 236 Å². The predicted molar refractivity (Wildman–Crippen MR) is 134 cm³/mol. The third-order valence-corrected chi connectivity index (χ3v) is 5.97. The fourth-order valence-corrected chi connectivity index (χ4v) is 3.86. The molecular formula is C26H25F3N4O9. The van der Waals surface area contributed by atoms with E-state index >= 15 is 0 Å². The van der Waals surface area contributed by atoms with Gasteiger partial charge in [-0.05, 0) is 42.3 Å². The van der Waals surface area contributed by atoms with Gasteiger partial charge < -0.3 is 24.5 Å². The van der Waals surface area contributed by atoms with E-state index in [0.29, 0.717) is 5.06 Å². The summed E-state index contributed by atoms with van der Waals surface area (Å²) in [5.41, 5.74) is 1.96. The summed E-state index contributed by atoms with van der Waals surface area (Å²) >= 11 is 0. The van der Waals surface area contributed by atoms with Crippen LogP contribution in [0, 0.1) is 0 Å². The van der Waals surface area contributed by atoms with Crippen LogP contribution in [0.15, 0.2) is 48.8 Å². The minimum absolute atomic E-state index is 0.248. The first-order valence-electron chi connectivity index (χ1n) is 12.3. The lowest BCUT2D eigenvalue weighted by Gasteiger charge is -2.39. The number of hydroxylamine groups is 2. The van der Waals surface area contributed by atoms with Crippen LogP contribution >= 0.6 is 0 Å². The van der Waals surface area contributed by atoms with Gasteiger partial charge in [-0.25, -0.2) is 9.59 Å². The second-order valence-corrected chi connectivity index (χ2v) is 8.81. The van der Waals surface area contributed by atoms with Crippen LogP contribution in [0.5, 0.6) is 0 Å². The molecule has 1 fully saturated rings. The lowest BCUT2D eigenvalue weighted by molar-refractivity contribution is -0.218. The van der Waals surface area contributed by atoms with Crippen molar-refractivity contribution >= 4 is 35.6 Å². The molecule has 3 rings (SSSR count). The first-order chi connectivity index (χ1) is 19.8. The standard InChI is InChI=1S/C26H25F3N4O9/c1-15(31-22(36)18-5-3-16(4-6-18)17-7-9-30-10-8-17)23(37)32-11-12-33(24(38)19(32)13-20(34)40-2)42-21(35)14-41-25(39)26(27,28)29/h3-10,15,19H,11-14H2,1-2H3,(H,31,36)/t15?,19-/m0/s1. The van der Waals surface area contributed by atoms with Crippen LogP contribution in [-0.4, -0.2) is 95.6 Å². The molecule has 0 saturated carbocycles. The molecule has 2 aromatic rings. The lowest BCUT2D eigenvalue weighted by atomic mass is 10.0. The van der Waals surface area contributed by atoms with Crippen molar-refractivity contribution < 1.29 is 56.2 Å². The van der Waals surface area contributed by atoms with Gasteiger partial charge in [0.25, 0.3) is 11.8 Å². The summed E-state index contributed by atoms with van der Waals surface area (Å²) in [5.74, 6) is -7.44. The Kier molecular flexibility index (Phi) is 10.2. The Bertz CT molecular complexity index is 1340. The summed E-state index contributed by atoms with van der Waals surface area (Å²) in [5, 5.41) is 2.97. The largest absolute Gasteiger partial charge is 0.490 e. The molecule has 1 aromatic heterocycles. The molecule has 1 saturated heterocycles. The van der Waals surface area contributed by atoms with Gasteiger partial charge in [-0.3, -0.25) is 24.2 Å². The zero-order valence-electron chi connectivity index (χ0n) is 22.3. The van der Waals surface area contributed by atoms with Crippen molar-refractivity contribution in [1.82, 2.24) is 20.3 Å². The Balaban J connectivity index is 1.65. The van der Waals surface area contributed by atoms with Crippen LogP contribution < -0.4 is 5.32 Å². The summed E-state index contributed by atoms with van der Waals surface area (Å²) in [6, 6.07) is 7.44. The molecule has 13 nitrogen and oxygen atoms in total. The quantitative estimate of drug-likeness (QED) is 0.415. The fraction of sp³-hybridized carbons (Fsp3) is 0.346. The smallest absolute Gasteiger partial charge is 0.469 e. The fourth-order valence-electron chi connectivity index (χ4n) is 3.86. The molecule has 42 heavy (non-hydrogen) atoms. The van der Waals surface area contributed by atoms with E-state index in [4.69, 9.17) is 4.84 Å². The van der Waals surface area contributed by atoms with Gasteiger partial charge in [0.1, 0.15) is 12.1 Å². The molecule has 224 valence electrons. The molecule has 1 aliphatic rings. The molecule has 1 aromatic carbocycles. The predicted octanol–water partition coefficient (Wildman–Crippen LogP) is 1.03. The van der Waals surface area contributed by atoms with Gasteiger partial charge in [0.15, 0.2) is 6.61 Å². The van der Waals surface area contributed by atoms with E-state index in [1.54, 1.807) is 48.8 Å². The van der Waals surface area contributed by atoms with Gasteiger partial charge in [-0.1, -0.05) is 12.1 Å². The number of ether oxygens (including phenoxy) is 2. The number of hydrogen-bond donors (Lipinski definition) is 1. The number of halogens is 3. The second kappa shape index (κ2) is 13.6. The maximum atomic E-state index is 13.2. The summed E-state index contributed by atoms with van der Waals surface area (Å²) < 4.78 is 45.2. The number of aromatic nitrogens is 1. The number of esters is 2. The van der Waals surface area contributed by atoms with Gasteiger partial charge >= 0.3 is 24.1 Å². The van der Waals surface area contributed by atoms with E-state index in [1.165, 1.54) is 6.92 Å². The topological polar surface area (TPSA) is 162 Å². The average molecular weight is 594 g/mol. The number of piperazine rings is 1. The number of hydrogen-bond acceptors (Lipinski definition) is 10. The molecular weight excluding hydrogens is 569 g/mol. The lowest BCUT2D eigenvalue weighted by Crippen LogP contribution is -2.62. The normalized spacial score (nSPS) is 15.8. The van der Waals surface area contributed by atoms with E-state index in [9.17, 15) is 41.9 Å². The maximum Gasteiger partial charge on any atom is 0.490 e. The van der Waals surface area contributed by atoms with Crippen LogP contribution in [0.2, 0.25) is 0 Å². The SMILES string of the molecule is COC(=O)C[C@H]1C(=O)N(OC(=O)COC(=O)C(F)(F)F)CCN1C(=O)C(C)NC(=O)c1ccc(-c2ccncc2)cc1. The van der Waals surface area contributed by atoms with Crippen molar-refractivity contribution in [2.45, 2.75) is 31.6 Å². The van der Waals surface area contributed by atoms with Crippen molar-refractivity contribution in [3.8, 4) is 11.1 Å². The molecule has 0 bridgehead atoms. The Hall–Kier alpha value is -5.02. The zero-order valence-corrected chi connectivity index (χ0v) is 22.3. The summed E-state index contributed by atoms with van der Waals surface area (Å²) in [6.45, 7) is -0.799. The Morgan fingerprint density at radius 2 is 1.62 bits per heavy atom. The number of alkyl halides is 3. The number of amides is 3.